The number of ether oxygens (including phenoxy) is 8. The summed E-state index contributed by atoms with van der Waals surface area (Å²) in [5.41, 5.74) is 7.11. The van der Waals surface area contributed by atoms with Gasteiger partial charge in [0.15, 0.2) is 0 Å². The van der Waals surface area contributed by atoms with E-state index in [1.54, 1.807) is 0 Å². The molecule has 266 valence electrons. The maximum Gasteiger partial charge on any atom is 0.145 e. The van der Waals surface area contributed by atoms with E-state index in [0.29, 0.717) is 33.0 Å². The van der Waals surface area contributed by atoms with Crippen LogP contribution in [0.4, 0.5) is 0 Å². The number of rotatable bonds is 17. The first-order valence-corrected chi connectivity index (χ1v) is 18.2. The zero-order valence-corrected chi connectivity index (χ0v) is 28.9. The van der Waals surface area contributed by atoms with Crippen LogP contribution in [0.5, 0.6) is 23.0 Å². The summed E-state index contributed by atoms with van der Waals surface area (Å²) in [4.78, 5) is 0. The van der Waals surface area contributed by atoms with Crippen LogP contribution >= 0.6 is 0 Å². The van der Waals surface area contributed by atoms with E-state index < -0.39 is 0 Å². The standard InChI is InChI=1S/C44H42O8/c1-3-30(44(33-9-17-37(18-10-33)48-25-41-28-51-41)34-11-19-38(20-12-34)52-42-21-45-22-42)4-2-29(1)43(31-5-13-35(14-6-31)46-23-39-26-49-39)32-7-15-36(16-8-32)47-24-40-27-50-40/h1-20,39-44H,21-28H2/t39?,40?,41-,43?,44?/m0/s1. The molecule has 4 atom stereocenters. The Morgan fingerprint density at radius 2 is 0.654 bits per heavy atom. The molecule has 4 heterocycles. The van der Waals surface area contributed by atoms with Crippen molar-refractivity contribution in [2.24, 2.45) is 0 Å². The molecule has 5 aromatic carbocycles. The normalized spacial score (nSPS) is 21.3. The lowest BCUT2D eigenvalue weighted by atomic mass is 9.81. The summed E-state index contributed by atoms with van der Waals surface area (Å²) in [5, 5.41) is 0. The van der Waals surface area contributed by atoms with Crippen molar-refractivity contribution in [1.82, 2.24) is 0 Å². The Balaban J connectivity index is 1.01. The second-order valence-electron chi connectivity index (χ2n) is 13.9. The van der Waals surface area contributed by atoms with E-state index in [1.807, 2.05) is 0 Å². The lowest BCUT2D eigenvalue weighted by Crippen LogP contribution is -2.38. The Bertz CT molecular complexity index is 1830. The molecule has 8 heteroatoms. The van der Waals surface area contributed by atoms with E-state index in [1.165, 1.54) is 33.4 Å². The third kappa shape index (κ3) is 8.27. The summed E-state index contributed by atoms with van der Waals surface area (Å²) < 4.78 is 45.2. The number of hydrogen-bond donors (Lipinski definition) is 0. The van der Waals surface area contributed by atoms with E-state index in [4.69, 9.17) is 37.9 Å². The second kappa shape index (κ2) is 15.0. The van der Waals surface area contributed by atoms with Crippen LogP contribution in [0.25, 0.3) is 0 Å². The number of epoxide rings is 3. The Morgan fingerprint density at radius 1 is 0.385 bits per heavy atom. The molecule has 0 aromatic heterocycles. The molecule has 4 aliphatic rings. The highest BCUT2D eigenvalue weighted by Gasteiger charge is 2.26. The summed E-state index contributed by atoms with van der Waals surface area (Å²) in [6, 6.07) is 42.8. The van der Waals surface area contributed by atoms with Crippen LogP contribution in [0.2, 0.25) is 0 Å². The van der Waals surface area contributed by atoms with Crippen LogP contribution < -0.4 is 18.9 Å². The van der Waals surface area contributed by atoms with Gasteiger partial charge in [-0.1, -0.05) is 72.8 Å². The second-order valence-corrected chi connectivity index (χ2v) is 13.9. The molecular formula is C44H42O8. The lowest BCUT2D eigenvalue weighted by Gasteiger charge is -2.27. The highest BCUT2D eigenvalue weighted by atomic mass is 16.6. The molecule has 5 aromatic rings. The smallest absolute Gasteiger partial charge is 0.145 e. The molecule has 0 aliphatic carbocycles. The largest absolute Gasteiger partial charge is 0.491 e. The maximum absolute atomic E-state index is 6.08. The quantitative estimate of drug-likeness (QED) is 0.0748. The van der Waals surface area contributed by atoms with Gasteiger partial charge < -0.3 is 37.9 Å². The monoisotopic (exact) mass is 698 g/mol. The topological polar surface area (TPSA) is 83.7 Å². The van der Waals surface area contributed by atoms with E-state index in [9.17, 15) is 0 Å². The zero-order chi connectivity index (χ0) is 34.7. The van der Waals surface area contributed by atoms with Crippen LogP contribution in [-0.4, -0.2) is 77.3 Å². The molecule has 0 amide bonds. The Morgan fingerprint density at radius 3 is 0.904 bits per heavy atom. The molecule has 0 radical (unpaired) electrons. The molecule has 4 fully saturated rings. The summed E-state index contributed by atoms with van der Waals surface area (Å²) >= 11 is 0. The van der Waals surface area contributed by atoms with Crippen molar-refractivity contribution in [3.8, 4) is 23.0 Å². The van der Waals surface area contributed by atoms with E-state index in [2.05, 4.69) is 121 Å². The summed E-state index contributed by atoms with van der Waals surface area (Å²) in [5.74, 6) is 3.40. The van der Waals surface area contributed by atoms with Crippen LogP contribution in [0, 0.1) is 0 Å². The van der Waals surface area contributed by atoms with Crippen molar-refractivity contribution in [3.63, 3.8) is 0 Å². The van der Waals surface area contributed by atoms with E-state index >= 15 is 0 Å². The first-order chi connectivity index (χ1) is 25.7. The molecule has 52 heavy (non-hydrogen) atoms. The van der Waals surface area contributed by atoms with Gasteiger partial charge in [-0.3, -0.25) is 0 Å². The van der Waals surface area contributed by atoms with Gasteiger partial charge in [-0.25, -0.2) is 0 Å². The Labute approximate surface area is 304 Å². The fraction of sp³-hybridized carbons (Fsp3) is 0.318. The maximum atomic E-state index is 6.08. The molecule has 9 rings (SSSR count). The van der Waals surface area contributed by atoms with Crippen molar-refractivity contribution in [2.75, 3.05) is 52.9 Å². The molecule has 0 saturated carbocycles. The van der Waals surface area contributed by atoms with Gasteiger partial charge >= 0.3 is 0 Å². The van der Waals surface area contributed by atoms with Gasteiger partial charge in [-0.05, 0) is 81.9 Å². The Kier molecular flexibility index (Phi) is 9.53. The Hall–Kier alpha value is -4.86. The first-order valence-electron chi connectivity index (χ1n) is 18.2. The van der Waals surface area contributed by atoms with Crippen molar-refractivity contribution < 1.29 is 37.9 Å². The SMILES string of the molecule is c1cc(C(c2ccc(OCC3CO3)cc2)c2ccc(C(c3ccc(OC[C@H]4CO4)cc3)c3ccc(OC4COC4)cc3)cc2)ccc1OCC1CO1. The van der Waals surface area contributed by atoms with Crippen molar-refractivity contribution in [1.29, 1.82) is 0 Å². The van der Waals surface area contributed by atoms with Gasteiger partial charge in [0.1, 0.15) is 67.2 Å². The molecule has 0 bridgehead atoms. The molecule has 8 nitrogen and oxygen atoms in total. The molecular weight excluding hydrogens is 656 g/mol. The lowest BCUT2D eigenvalue weighted by molar-refractivity contribution is -0.0796. The molecule has 4 aliphatic heterocycles. The minimum absolute atomic E-state index is 0.00734. The van der Waals surface area contributed by atoms with E-state index in [0.717, 1.165) is 42.8 Å². The predicted molar refractivity (Wildman–Crippen MR) is 195 cm³/mol. The summed E-state index contributed by atoms with van der Waals surface area (Å²) in [6.45, 7) is 5.34. The van der Waals surface area contributed by atoms with E-state index in [-0.39, 0.29) is 36.3 Å². The van der Waals surface area contributed by atoms with Gasteiger partial charge in [-0.2, -0.15) is 0 Å². The zero-order valence-electron chi connectivity index (χ0n) is 28.9. The van der Waals surface area contributed by atoms with Gasteiger partial charge in [0.05, 0.1) is 33.0 Å². The fourth-order valence-electron chi connectivity index (χ4n) is 6.58. The average molecular weight is 699 g/mol. The van der Waals surface area contributed by atoms with Crippen LogP contribution in [-0.2, 0) is 18.9 Å². The molecule has 4 saturated heterocycles. The minimum Gasteiger partial charge on any atom is -0.491 e. The third-order valence-corrected chi connectivity index (χ3v) is 9.88. The molecule has 0 N–H and O–H groups in total. The van der Waals surface area contributed by atoms with Gasteiger partial charge in [0, 0.05) is 11.8 Å². The highest BCUT2D eigenvalue weighted by molar-refractivity contribution is 5.50. The van der Waals surface area contributed by atoms with Crippen LogP contribution in [0.3, 0.4) is 0 Å². The number of hydrogen-bond acceptors (Lipinski definition) is 8. The number of benzene rings is 5. The van der Waals surface area contributed by atoms with Crippen molar-refractivity contribution >= 4 is 0 Å². The van der Waals surface area contributed by atoms with Crippen molar-refractivity contribution in [3.05, 3.63) is 155 Å². The van der Waals surface area contributed by atoms with Gasteiger partial charge in [0.2, 0.25) is 0 Å². The predicted octanol–water partition coefficient (Wildman–Crippen LogP) is 7.16. The van der Waals surface area contributed by atoms with Gasteiger partial charge in [-0.15, -0.1) is 0 Å². The first kappa shape index (κ1) is 33.0. The molecule has 3 unspecified atom stereocenters. The molecule has 0 spiro atoms. The van der Waals surface area contributed by atoms with Crippen LogP contribution in [0.1, 0.15) is 45.2 Å². The van der Waals surface area contributed by atoms with Crippen LogP contribution in [0.15, 0.2) is 121 Å². The fourth-order valence-corrected chi connectivity index (χ4v) is 6.58. The summed E-state index contributed by atoms with van der Waals surface area (Å²) in [7, 11) is 0. The minimum atomic E-state index is 0.00734. The van der Waals surface area contributed by atoms with Crippen molar-refractivity contribution in [2.45, 2.75) is 36.3 Å². The summed E-state index contributed by atoms with van der Waals surface area (Å²) in [6.07, 6.45) is 0.760. The third-order valence-electron chi connectivity index (χ3n) is 9.88. The highest BCUT2D eigenvalue weighted by Crippen LogP contribution is 2.38. The average Bonchev–Trinajstić information content (AvgIpc) is 4.01. The van der Waals surface area contributed by atoms with Gasteiger partial charge in [0.25, 0.3) is 0 Å².